The number of nitrogens with one attached hydrogen (secondary N) is 3. The van der Waals surface area contributed by atoms with Crippen molar-refractivity contribution in [3.63, 3.8) is 0 Å². The van der Waals surface area contributed by atoms with Crippen LogP contribution in [-0.4, -0.2) is 61.8 Å². The van der Waals surface area contributed by atoms with Gasteiger partial charge in [-0.2, -0.15) is 0 Å². The van der Waals surface area contributed by atoms with Gasteiger partial charge >= 0.3 is 6.09 Å². The molecule has 1 saturated carbocycles. The van der Waals surface area contributed by atoms with Gasteiger partial charge in [0.15, 0.2) is 5.96 Å². The Morgan fingerprint density at radius 1 is 1.23 bits per heavy atom. The van der Waals surface area contributed by atoms with Crippen molar-refractivity contribution in [2.45, 2.75) is 70.0 Å². The number of carbonyl (C=O) groups is 1. The topological polar surface area (TPSA) is 78.0 Å². The van der Waals surface area contributed by atoms with Gasteiger partial charge in [0.1, 0.15) is 0 Å². The second-order valence-electron chi connectivity index (χ2n) is 8.84. The third-order valence-electron chi connectivity index (χ3n) is 6.54. The highest BCUT2D eigenvalue weighted by molar-refractivity contribution is 5.80. The minimum Gasteiger partial charge on any atom is -0.453 e. The van der Waals surface area contributed by atoms with E-state index in [0.717, 1.165) is 44.7 Å². The first-order valence-corrected chi connectivity index (χ1v) is 11.8. The Kier molecular flexibility index (Phi) is 8.58. The van der Waals surface area contributed by atoms with Crippen molar-refractivity contribution in [1.29, 1.82) is 0 Å². The zero-order valence-corrected chi connectivity index (χ0v) is 19.3. The molecule has 1 aliphatic carbocycles. The highest BCUT2D eigenvalue weighted by Crippen LogP contribution is 2.32. The predicted molar refractivity (Wildman–Crippen MR) is 125 cm³/mol. The van der Waals surface area contributed by atoms with Crippen LogP contribution in [0.15, 0.2) is 35.3 Å². The third kappa shape index (κ3) is 6.60. The highest BCUT2D eigenvalue weighted by Gasteiger charge is 2.35. The number of aliphatic imine (C=N–C) groups is 1. The van der Waals surface area contributed by atoms with E-state index in [9.17, 15) is 4.79 Å². The second-order valence-corrected chi connectivity index (χ2v) is 8.84. The number of nitrogens with zero attached hydrogens (tertiary/aromatic N) is 2. The van der Waals surface area contributed by atoms with Crippen LogP contribution in [0.4, 0.5) is 4.79 Å². The van der Waals surface area contributed by atoms with E-state index < -0.39 is 0 Å². The van der Waals surface area contributed by atoms with Crippen molar-refractivity contribution >= 4 is 12.1 Å². The molecule has 1 saturated heterocycles. The number of methoxy groups -OCH3 is 1. The molecule has 172 valence electrons. The number of carbonyl (C=O) groups excluding carboxylic acids is 1. The van der Waals surface area contributed by atoms with E-state index in [4.69, 9.17) is 9.73 Å². The van der Waals surface area contributed by atoms with Crippen LogP contribution in [0.5, 0.6) is 0 Å². The van der Waals surface area contributed by atoms with Gasteiger partial charge < -0.3 is 25.6 Å². The molecule has 1 heterocycles. The van der Waals surface area contributed by atoms with Crippen molar-refractivity contribution < 1.29 is 9.53 Å². The average Bonchev–Trinajstić information content (AvgIpc) is 3.26. The monoisotopic (exact) mass is 429 g/mol. The Morgan fingerprint density at radius 3 is 2.52 bits per heavy atom. The molecule has 0 aromatic heterocycles. The van der Waals surface area contributed by atoms with Gasteiger partial charge in [0.2, 0.25) is 0 Å². The molecule has 2 fully saturated rings. The Morgan fingerprint density at radius 2 is 1.90 bits per heavy atom. The first-order valence-electron chi connectivity index (χ1n) is 11.8. The number of benzene rings is 1. The van der Waals surface area contributed by atoms with Crippen LogP contribution in [0.2, 0.25) is 0 Å². The van der Waals surface area contributed by atoms with Gasteiger partial charge in [0.05, 0.1) is 13.7 Å². The van der Waals surface area contributed by atoms with E-state index in [-0.39, 0.29) is 11.6 Å². The molecule has 3 N–H and O–H groups in total. The number of rotatable bonds is 7. The third-order valence-corrected chi connectivity index (χ3v) is 6.54. The van der Waals surface area contributed by atoms with Crippen LogP contribution >= 0.6 is 0 Å². The normalized spacial score (nSPS) is 20.4. The van der Waals surface area contributed by atoms with Crippen LogP contribution in [0.1, 0.15) is 64.0 Å². The Bertz CT molecular complexity index is 710. The largest absolute Gasteiger partial charge is 0.453 e. The minimum absolute atomic E-state index is 0.0475. The summed E-state index contributed by atoms with van der Waals surface area (Å²) in [4.78, 5) is 18.5. The van der Waals surface area contributed by atoms with E-state index in [0.29, 0.717) is 25.2 Å². The Hall–Kier alpha value is -2.28. The minimum atomic E-state index is -0.235. The fourth-order valence-corrected chi connectivity index (χ4v) is 4.76. The van der Waals surface area contributed by atoms with Crippen LogP contribution in [-0.2, 0) is 4.74 Å². The van der Waals surface area contributed by atoms with E-state index >= 15 is 0 Å². The molecular formula is C24H39N5O2. The fraction of sp³-hybridized carbons (Fsp3) is 0.667. The number of guanidine groups is 1. The molecule has 0 radical (unpaired) electrons. The van der Waals surface area contributed by atoms with Crippen molar-refractivity contribution in [3.05, 3.63) is 35.9 Å². The van der Waals surface area contributed by atoms with Gasteiger partial charge in [-0.3, -0.25) is 4.99 Å². The Balaban J connectivity index is 1.60. The first-order chi connectivity index (χ1) is 15.0. The zero-order chi connectivity index (χ0) is 22.1. The van der Waals surface area contributed by atoms with Gasteiger partial charge in [0, 0.05) is 37.3 Å². The number of ether oxygens (including phenoxy) is 1. The second kappa shape index (κ2) is 11.4. The number of hydrogen-bond donors (Lipinski definition) is 3. The SMILES string of the molecule is CCNC(=NCC1(NC(C)c2ccccc2)CCCC1)NC1CCN(C(=O)OC)CC1. The van der Waals surface area contributed by atoms with E-state index in [1.807, 2.05) is 0 Å². The molecule has 1 aliphatic heterocycles. The van der Waals surface area contributed by atoms with Gasteiger partial charge in [-0.25, -0.2) is 4.79 Å². The summed E-state index contributed by atoms with van der Waals surface area (Å²) in [5.41, 5.74) is 1.37. The quantitative estimate of drug-likeness (QED) is 0.457. The van der Waals surface area contributed by atoms with E-state index in [2.05, 4.69) is 60.1 Å². The lowest BCUT2D eigenvalue weighted by atomic mass is 9.95. The summed E-state index contributed by atoms with van der Waals surface area (Å²) >= 11 is 0. The zero-order valence-electron chi connectivity index (χ0n) is 19.3. The molecule has 2 aliphatic rings. The molecular weight excluding hydrogens is 390 g/mol. The van der Waals surface area contributed by atoms with Crippen molar-refractivity contribution in [2.24, 2.45) is 4.99 Å². The van der Waals surface area contributed by atoms with Gasteiger partial charge in [-0.05, 0) is 45.1 Å². The van der Waals surface area contributed by atoms with E-state index in [1.165, 1.54) is 25.5 Å². The van der Waals surface area contributed by atoms with Crippen LogP contribution in [0.25, 0.3) is 0 Å². The number of likely N-dealkylation sites (tertiary alicyclic amines) is 1. The van der Waals surface area contributed by atoms with Gasteiger partial charge in [-0.1, -0.05) is 43.2 Å². The molecule has 1 aromatic rings. The average molecular weight is 430 g/mol. The number of piperidine rings is 1. The number of hydrogen-bond acceptors (Lipinski definition) is 4. The van der Waals surface area contributed by atoms with Crippen molar-refractivity contribution in [2.75, 3.05) is 33.3 Å². The molecule has 7 heteroatoms. The van der Waals surface area contributed by atoms with Crippen molar-refractivity contribution in [3.8, 4) is 0 Å². The predicted octanol–water partition coefficient (Wildman–Crippen LogP) is 3.44. The van der Waals surface area contributed by atoms with Crippen LogP contribution < -0.4 is 16.0 Å². The maximum atomic E-state index is 11.7. The maximum absolute atomic E-state index is 11.7. The molecule has 0 bridgehead atoms. The summed E-state index contributed by atoms with van der Waals surface area (Å²) in [6.45, 7) is 7.36. The molecule has 7 nitrogen and oxygen atoms in total. The molecule has 1 atom stereocenters. The standard InChI is InChI=1S/C24H39N5O2/c1-4-25-22(27-21-12-16-29(17-13-21)23(30)31-3)26-18-24(14-8-9-15-24)28-19(2)20-10-6-5-7-11-20/h5-7,10-11,19,21,28H,4,8-9,12-18H2,1-3H3,(H2,25,26,27). The number of amides is 1. The van der Waals surface area contributed by atoms with Crippen molar-refractivity contribution in [1.82, 2.24) is 20.9 Å². The smallest absolute Gasteiger partial charge is 0.409 e. The maximum Gasteiger partial charge on any atom is 0.409 e. The van der Waals surface area contributed by atoms with Gasteiger partial charge in [0.25, 0.3) is 0 Å². The Labute approximate surface area is 187 Å². The molecule has 31 heavy (non-hydrogen) atoms. The van der Waals surface area contributed by atoms with E-state index in [1.54, 1.807) is 4.90 Å². The summed E-state index contributed by atoms with van der Waals surface area (Å²) in [5.74, 6) is 0.874. The summed E-state index contributed by atoms with van der Waals surface area (Å²) in [6, 6.07) is 11.3. The van der Waals surface area contributed by atoms with Crippen LogP contribution in [0, 0.1) is 0 Å². The fourth-order valence-electron chi connectivity index (χ4n) is 4.76. The lowest BCUT2D eigenvalue weighted by Gasteiger charge is -2.34. The molecule has 1 aromatic carbocycles. The molecule has 1 amide bonds. The van der Waals surface area contributed by atoms with Gasteiger partial charge in [-0.15, -0.1) is 0 Å². The molecule has 1 unspecified atom stereocenters. The summed E-state index contributed by atoms with van der Waals surface area (Å²) < 4.78 is 4.84. The summed E-state index contributed by atoms with van der Waals surface area (Å²) in [6.07, 6.45) is 6.37. The van der Waals surface area contributed by atoms with Crippen LogP contribution in [0.3, 0.4) is 0 Å². The lowest BCUT2D eigenvalue weighted by molar-refractivity contribution is 0.111. The first kappa shape index (κ1) is 23.4. The molecule has 0 spiro atoms. The summed E-state index contributed by atoms with van der Waals surface area (Å²) in [7, 11) is 1.44. The lowest BCUT2D eigenvalue weighted by Crippen LogP contribution is -2.51. The molecule has 3 rings (SSSR count). The highest BCUT2D eigenvalue weighted by atomic mass is 16.5. The summed E-state index contributed by atoms with van der Waals surface area (Å²) in [5, 5.41) is 10.9.